The third kappa shape index (κ3) is 4.33. The van der Waals surface area contributed by atoms with Gasteiger partial charge in [0, 0.05) is 0 Å². The van der Waals surface area contributed by atoms with E-state index >= 15 is 0 Å². The highest BCUT2D eigenvalue weighted by Gasteiger charge is 2.19. The van der Waals surface area contributed by atoms with Crippen molar-refractivity contribution in [3.05, 3.63) is 53.6 Å². The molecule has 0 aliphatic heterocycles. The number of benzene rings is 2. The maximum absolute atomic E-state index is 12.3. The summed E-state index contributed by atoms with van der Waals surface area (Å²) >= 11 is 0. The van der Waals surface area contributed by atoms with E-state index in [2.05, 4.69) is 4.72 Å². The normalized spacial score (nSPS) is 11.1. The molecule has 128 valence electrons. The van der Waals surface area contributed by atoms with Crippen molar-refractivity contribution < 1.29 is 22.7 Å². The zero-order valence-electron chi connectivity index (χ0n) is 13.7. The molecule has 0 aromatic heterocycles. The molecule has 0 unspecified atom stereocenters. The monoisotopic (exact) mass is 349 g/mol. The minimum atomic E-state index is -3.80. The van der Waals surface area contributed by atoms with Crippen LogP contribution in [0, 0.1) is 13.8 Å². The molecule has 2 aromatic rings. The van der Waals surface area contributed by atoms with E-state index in [1.807, 2.05) is 6.07 Å². The molecule has 0 saturated heterocycles. The topological polar surface area (TPSA) is 81.7 Å². The van der Waals surface area contributed by atoms with Crippen molar-refractivity contribution in [3.63, 3.8) is 0 Å². The summed E-state index contributed by atoms with van der Waals surface area (Å²) < 4.78 is 37.1. The number of para-hydroxylation sites is 2. The van der Waals surface area contributed by atoms with Crippen LogP contribution in [0.4, 0.5) is 0 Å². The van der Waals surface area contributed by atoms with Crippen LogP contribution < -0.4 is 14.2 Å². The summed E-state index contributed by atoms with van der Waals surface area (Å²) in [4.78, 5) is 12.1. The lowest BCUT2D eigenvalue weighted by Gasteiger charge is -2.11. The summed E-state index contributed by atoms with van der Waals surface area (Å²) in [7, 11) is -2.34. The van der Waals surface area contributed by atoms with Crippen LogP contribution in [0.15, 0.2) is 47.4 Å². The van der Waals surface area contributed by atoms with Crippen molar-refractivity contribution >= 4 is 16.0 Å². The summed E-state index contributed by atoms with van der Waals surface area (Å²) in [5, 5.41) is 0. The van der Waals surface area contributed by atoms with Crippen LogP contribution in [0.5, 0.6) is 11.5 Å². The van der Waals surface area contributed by atoms with E-state index in [1.165, 1.54) is 7.11 Å². The highest BCUT2D eigenvalue weighted by Crippen LogP contribution is 2.25. The molecule has 0 bridgehead atoms. The first-order valence-corrected chi connectivity index (χ1v) is 8.72. The van der Waals surface area contributed by atoms with Crippen LogP contribution in [0.3, 0.4) is 0 Å². The number of methoxy groups -OCH3 is 1. The van der Waals surface area contributed by atoms with Crippen molar-refractivity contribution in [1.82, 2.24) is 4.72 Å². The fourth-order valence-corrected chi connectivity index (χ4v) is 3.39. The van der Waals surface area contributed by atoms with Gasteiger partial charge in [0.25, 0.3) is 0 Å². The molecule has 2 rings (SSSR count). The Labute approximate surface area is 141 Å². The average Bonchev–Trinajstić information content (AvgIpc) is 2.56. The zero-order chi connectivity index (χ0) is 17.7. The number of hydrogen-bond acceptors (Lipinski definition) is 5. The number of carbonyl (C=O) groups is 1. The number of esters is 1. The van der Waals surface area contributed by atoms with Crippen LogP contribution in [-0.2, 0) is 14.8 Å². The highest BCUT2D eigenvalue weighted by atomic mass is 32.2. The third-order valence-corrected chi connectivity index (χ3v) is 4.88. The van der Waals surface area contributed by atoms with E-state index in [0.29, 0.717) is 11.3 Å². The minimum Gasteiger partial charge on any atom is -0.493 e. The Morgan fingerprint density at radius 1 is 1.08 bits per heavy atom. The SMILES string of the molecule is COc1ccccc1OC(=O)CNS(=O)(=O)c1cc(C)ccc1C. The average molecular weight is 349 g/mol. The van der Waals surface area contributed by atoms with Crippen molar-refractivity contribution in [3.8, 4) is 11.5 Å². The molecule has 2 aromatic carbocycles. The van der Waals surface area contributed by atoms with Gasteiger partial charge in [-0.05, 0) is 43.2 Å². The molecule has 0 fully saturated rings. The zero-order valence-corrected chi connectivity index (χ0v) is 14.5. The number of aryl methyl sites for hydroxylation is 2. The number of ether oxygens (including phenoxy) is 2. The van der Waals surface area contributed by atoms with Crippen molar-refractivity contribution in [2.75, 3.05) is 13.7 Å². The van der Waals surface area contributed by atoms with Gasteiger partial charge in [0.1, 0.15) is 6.54 Å². The van der Waals surface area contributed by atoms with Crippen molar-refractivity contribution in [2.24, 2.45) is 0 Å². The van der Waals surface area contributed by atoms with Crippen LogP contribution in [-0.4, -0.2) is 28.0 Å². The van der Waals surface area contributed by atoms with Crippen LogP contribution >= 0.6 is 0 Å². The lowest BCUT2D eigenvalue weighted by molar-refractivity contribution is -0.133. The second-order valence-corrected chi connectivity index (χ2v) is 6.95. The maximum atomic E-state index is 12.3. The van der Waals surface area contributed by atoms with Crippen molar-refractivity contribution in [1.29, 1.82) is 0 Å². The standard InChI is InChI=1S/C17H19NO5S/c1-12-8-9-13(2)16(10-12)24(20,21)18-11-17(19)23-15-7-5-4-6-14(15)22-3/h4-10,18H,11H2,1-3H3. The van der Waals surface area contributed by atoms with Crippen LogP contribution in [0.1, 0.15) is 11.1 Å². The first-order valence-electron chi connectivity index (χ1n) is 7.24. The van der Waals surface area contributed by atoms with Gasteiger partial charge in [0.15, 0.2) is 11.5 Å². The van der Waals surface area contributed by atoms with Gasteiger partial charge in [-0.25, -0.2) is 8.42 Å². The summed E-state index contributed by atoms with van der Waals surface area (Å²) in [5.74, 6) is -0.104. The van der Waals surface area contributed by atoms with E-state index in [-0.39, 0.29) is 10.6 Å². The Balaban J connectivity index is 2.06. The molecule has 0 heterocycles. The van der Waals surface area contributed by atoms with Gasteiger partial charge in [0.05, 0.1) is 12.0 Å². The molecule has 0 aliphatic rings. The first kappa shape index (κ1) is 18.0. The number of sulfonamides is 1. The Kier molecular flexibility index (Phi) is 5.58. The summed E-state index contributed by atoms with van der Waals surface area (Å²) in [6, 6.07) is 11.7. The van der Waals surface area contributed by atoms with E-state index in [9.17, 15) is 13.2 Å². The fraction of sp³-hybridized carbons (Fsp3) is 0.235. The molecule has 24 heavy (non-hydrogen) atoms. The Morgan fingerprint density at radius 2 is 1.75 bits per heavy atom. The molecule has 0 amide bonds. The number of rotatable bonds is 6. The van der Waals surface area contributed by atoms with E-state index in [1.54, 1.807) is 50.2 Å². The second kappa shape index (κ2) is 7.46. The van der Waals surface area contributed by atoms with Gasteiger partial charge in [-0.2, -0.15) is 4.72 Å². The van der Waals surface area contributed by atoms with Gasteiger partial charge in [-0.1, -0.05) is 24.3 Å². The first-order chi connectivity index (χ1) is 11.3. The quantitative estimate of drug-likeness (QED) is 0.639. The van der Waals surface area contributed by atoms with Crippen LogP contribution in [0.25, 0.3) is 0 Å². The molecule has 6 nitrogen and oxygen atoms in total. The van der Waals surface area contributed by atoms with E-state index < -0.39 is 22.5 Å². The predicted molar refractivity (Wildman–Crippen MR) is 89.7 cm³/mol. The highest BCUT2D eigenvalue weighted by molar-refractivity contribution is 7.89. The lowest BCUT2D eigenvalue weighted by Crippen LogP contribution is -2.32. The number of hydrogen-bond donors (Lipinski definition) is 1. The minimum absolute atomic E-state index is 0.146. The molecule has 1 N–H and O–H groups in total. The van der Waals surface area contributed by atoms with Gasteiger partial charge in [-0.15, -0.1) is 0 Å². The molecular weight excluding hydrogens is 330 g/mol. The molecule has 0 atom stereocenters. The van der Waals surface area contributed by atoms with E-state index in [4.69, 9.17) is 9.47 Å². The van der Waals surface area contributed by atoms with Gasteiger partial charge in [-0.3, -0.25) is 4.79 Å². The largest absolute Gasteiger partial charge is 0.493 e. The lowest BCUT2D eigenvalue weighted by atomic mass is 10.2. The number of carbonyl (C=O) groups excluding carboxylic acids is 1. The molecule has 0 aliphatic carbocycles. The Bertz CT molecular complexity index is 846. The predicted octanol–water partition coefficient (Wildman–Crippen LogP) is 2.20. The Hall–Kier alpha value is -2.38. The van der Waals surface area contributed by atoms with E-state index in [0.717, 1.165) is 5.56 Å². The summed E-state index contributed by atoms with van der Waals surface area (Å²) in [6.07, 6.45) is 0. The second-order valence-electron chi connectivity index (χ2n) is 5.22. The number of nitrogens with one attached hydrogen (secondary N) is 1. The van der Waals surface area contributed by atoms with Gasteiger partial charge >= 0.3 is 5.97 Å². The fourth-order valence-electron chi connectivity index (χ4n) is 2.09. The molecule has 0 radical (unpaired) electrons. The molecular formula is C17H19NO5S. The van der Waals surface area contributed by atoms with Crippen molar-refractivity contribution in [2.45, 2.75) is 18.7 Å². The van der Waals surface area contributed by atoms with Gasteiger partial charge < -0.3 is 9.47 Å². The smallest absolute Gasteiger partial charge is 0.326 e. The third-order valence-electron chi connectivity index (χ3n) is 3.33. The maximum Gasteiger partial charge on any atom is 0.326 e. The summed E-state index contributed by atoms with van der Waals surface area (Å²) in [6.45, 7) is 3.02. The molecule has 0 saturated carbocycles. The van der Waals surface area contributed by atoms with Gasteiger partial charge in [0.2, 0.25) is 10.0 Å². The molecule has 7 heteroatoms. The summed E-state index contributed by atoms with van der Waals surface area (Å²) in [5.41, 5.74) is 1.42. The Morgan fingerprint density at radius 3 is 2.42 bits per heavy atom. The van der Waals surface area contributed by atoms with Crippen LogP contribution in [0.2, 0.25) is 0 Å². The molecule has 0 spiro atoms.